The van der Waals surface area contributed by atoms with Crippen LogP contribution in [-0.2, 0) is 10.8 Å². The molecule has 3 rings (SSSR count). The van der Waals surface area contributed by atoms with Gasteiger partial charge in [0, 0.05) is 22.0 Å². The molecule has 3 heteroatoms. The van der Waals surface area contributed by atoms with Gasteiger partial charge in [0.1, 0.15) is 0 Å². The predicted octanol–water partition coefficient (Wildman–Crippen LogP) is 3.64. The summed E-state index contributed by atoms with van der Waals surface area (Å²) in [5.41, 5.74) is 2.20. The summed E-state index contributed by atoms with van der Waals surface area (Å²) in [6.45, 7) is 2.03. The Morgan fingerprint density at radius 1 is 1.00 bits per heavy atom. The van der Waals surface area contributed by atoms with Gasteiger partial charge in [-0.25, -0.2) is 4.21 Å². The van der Waals surface area contributed by atoms with Crippen LogP contribution < -0.4 is 0 Å². The van der Waals surface area contributed by atoms with Crippen LogP contribution in [0.5, 0.6) is 0 Å². The SMILES string of the molecule is Cc1ccc(S(=O)c2c[nH]c3ccccc23)cc1. The lowest BCUT2D eigenvalue weighted by atomic mass is 10.2. The molecule has 0 spiro atoms. The van der Waals surface area contributed by atoms with Crippen LogP contribution in [0.15, 0.2) is 64.5 Å². The van der Waals surface area contributed by atoms with Crippen molar-refractivity contribution < 1.29 is 4.21 Å². The molecular weight excluding hydrogens is 242 g/mol. The average Bonchev–Trinajstić information content (AvgIpc) is 2.82. The summed E-state index contributed by atoms with van der Waals surface area (Å²) in [4.78, 5) is 4.84. The normalized spacial score (nSPS) is 12.7. The van der Waals surface area contributed by atoms with Crippen LogP contribution >= 0.6 is 0 Å². The molecule has 0 bridgehead atoms. The molecule has 0 saturated heterocycles. The highest BCUT2D eigenvalue weighted by Crippen LogP contribution is 2.25. The summed E-state index contributed by atoms with van der Waals surface area (Å²) >= 11 is 0. The molecule has 0 aliphatic carbocycles. The second-order valence-electron chi connectivity index (χ2n) is 4.28. The molecule has 0 saturated carbocycles. The van der Waals surface area contributed by atoms with Crippen LogP contribution in [0.1, 0.15) is 5.56 Å². The third kappa shape index (κ3) is 1.87. The van der Waals surface area contributed by atoms with E-state index < -0.39 is 10.8 Å². The van der Waals surface area contributed by atoms with Crippen LogP contribution in [0.3, 0.4) is 0 Å². The number of rotatable bonds is 2. The molecular formula is C15H13NOS. The molecule has 1 heterocycles. The summed E-state index contributed by atoms with van der Waals surface area (Å²) < 4.78 is 12.5. The highest BCUT2D eigenvalue weighted by atomic mass is 32.2. The van der Waals surface area contributed by atoms with Crippen molar-refractivity contribution in [3.05, 3.63) is 60.3 Å². The Morgan fingerprint density at radius 3 is 2.50 bits per heavy atom. The Kier molecular flexibility index (Phi) is 2.76. The molecule has 2 nitrogen and oxygen atoms in total. The van der Waals surface area contributed by atoms with Gasteiger partial charge in [-0.2, -0.15) is 0 Å². The molecule has 1 atom stereocenters. The summed E-state index contributed by atoms with van der Waals surface area (Å²) in [7, 11) is -1.13. The van der Waals surface area contributed by atoms with Crippen molar-refractivity contribution in [2.24, 2.45) is 0 Å². The van der Waals surface area contributed by atoms with Crippen molar-refractivity contribution >= 4 is 21.7 Å². The molecule has 1 unspecified atom stereocenters. The first-order valence-electron chi connectivity index (χ1n) is 5.80. The van der Waals surface area contributed by atoms with E-state index in [1.165, 1.54) is 5.56 Å². The number of hydrogen-bond donors (Lipinski definition) is 1. The van der Waals surface area contributed by atoms with Crippen molar-refractivity contribution in [1.82, 2.24) is 4.98 Å². The Morgan fingerprint density at radius 2 is 1.72 bits per heavy atom. The van der Waals surface area contributed by atoms with E-state index >= 15 is 0 Å². The van der Waals surface area contributed by atoms with Crippen LogP contribution in [-0.4, -0.2) is 9.19 Å². The van der Waals surface area contributed by atoms with Gasteiger partial charge in [-0.3, -0.25) is 0 Å². The maximum atomic E-state index is 12.5. The number of fused-ring (bicyclic) bond motifs is 1. The molecule has 1 aromatic heterocycles. The quantitative estimate of drug-likeness (QED) is 0.745. The van der Waals surface area contributed by atoms with Gasteiger partial charge >= 0.3 is 0 Å². The molecule has 0 fully saturated rings. The first kappa shape index (κ1) is 11.2. The lowest BCUT2D eigenvalue weighted by Crippen LogP contribution is -1.91. The van der Waals surface area contributed by atoms with Crippen molar-refractivity contribution in [3.63, 3.8) is 0 Å². The third-order valence-corrected chi connectivity index (χ3v) is 4.42. The second-order valence-corrected chi connectivity index (χ2v) is 5.73. The summed E-state index contributed by atoms with van der Waals surface area (Å²) in [6, 6.07) is 15.7. The lowest BCUT2D eigenvalue weighted by molar-refractivity contribution is 0.683. The van der Waals surface area contributed by atoms with E-state index in [-0.39, 0.29) is 0 Å². The third-order valence-electron chi connectivity index (χ3n) is 2.99. The van der Waals surface area contributed by atoms with Gasteiger partial charge in [-0.1, -0.05) is 35.9 Å². The number of aromatic nitrogens is 1. The van der Waals surface area contributed by atoms with Crippen molar-refractivity contribution in [2.75, 3.05) is 0 Å². The van der Waals surface area contributed by atoms with Gasteiger partial charge in [-0.15, -0.1) is 0 Å². The van der Waals surface area contributed by atoms with Gasteiger partial charge in [-0.05, 0) is 25.1 Å². The van der Waals surface area contributed by atoms with Crippen molar-refractivity contribution in [3.8, 4) is 0 Å². The maximum absolute atomic E-state index is 12.5. The zero-order valence-electron chi connectivity index (χ0n) is 10.0. The highest BCUT2D eigenvalue weighted by molar-refractivity contribution is 7.85. The molecule has 0 aliphatic heterocycles. The molecule has 0 radical (unpaired) electrons. The minimum Gasteiger partial charge on any atom is -0.360 e. The number of hydrogen-bond acceptors (Lipinski definition) is 1. The molecule has 18 heavy (non-hydrogen) atoms. The second kappa shape index (κ2) is 4.42. The lowest BCUT2D eigenvalue weighted by Gasteiger charge is -2.01. The van der Waals surface area contributed by atoms with Gasteiger partial charge in [0.25, 0.3) is 0 Å². The van der Waals surface area contributed by atoms with E-state index in [0.29, 0.717) is 0 Å². The van der Waals surface area contributed by atoms with Gasteiger partial charge in [0.05, 0.1) is 15.7 Å². The van der Waals surface area contributed by atoms with Gasteiger partial charge in [0.2, 0.25) is 0 Å². The van der Waals surface area contributed by atoms with E-state index in [9.17, 15) is 4.21 Å². The Labute approximate surface area is 108 Å². The van der Waals surface area contributed by atoms with E-state index in [1.807, 2.05) is 61.7 Å². The predicted molar refractivity (Wildman–Crippen MR) is 74.2 cm³/mol. The molecule has 0 amide bonds. The molecule has 90 valence electrons. The van der Waals surface area contributed by atoms with Crippen LogP contribution in [0.25, 0.3) is 10.9 Å². The van der Waals surface area contributed by atoms with Crippen molar-refractivity contribution in [2.45, 2.75) is 16.7 Å². The Bertz CT molecular complexity index is 713. The van der Waals surface area contributed by atoms with E-state index in [0.717, 1.165) is 20.7 Å². The monoisotopic (exact) mass is 255 g/mol. The minimum atomic E-state index is -1.13. The fourth-order valence-electron chi connectivity index (χ4n) is 1.99. The number of H-pyrrole nitrogens is 1. The van der Waals surface area contributed by atoms with E-state index in [2.05, 4.69) is 4.98 Å². The zero-order chi connectivity index (χ0) is 12.5. The number of aromatic amines is 1. The first-order valence-corrected chi connectivity index (χ1v) is 6.95. The van der Waals surface area contributed by atoms with E-state index in [1.54, 1.807) is 0 Å². The van der Waals surface area contributed by atoms with Crippen molar-refractivity contribution in [1.29, 1.82) is 0 Å². The Hall–Kier alpha value is -1.87. The zero-order valence-corrected chi connectivity index (χ0v) is 10.8. The Balaban J connectivity index is 2.09. The first-order chi connectivity index (χ1) is 8.75. The summed E-state index contributed by atoms with van der Waals surface area (Å²) in [6.07, 6.45) is 1.83. The smallest absolute Gasteiger partial charge is 0.0871 e. The standard InChI is InChI=1S/C15H13NOS/c1-11-6-8-12(9-7-11)18(17)15-10-16-14-5-3-2-4-13(14)15/h2-10,16H,1H3. The number of benzene rings is 2. The average molecular weight is 255 g/mol. The summed E-state index contributed by atoms with van der Waals surface area (Å²) in [5, 5.41) is 1.02. The van der Waals surface area contributed by atoms with Crippen LogP contribution in [0, 0.1) is 6.92 Å². The van der Waals surface area contributed by atoms with E-state index in [4.69, 9.17) is 0 Å². The van der Waals surface area contributed by atoms with Crippen LogP contribution in [0.4, 0.5) is 0 Å². The maximum Gasteiger partial charge on any atom is 0.0871 e. The number of para-hydroxylation sites is 1. The fraction of sp³-hybridized carbons (Fsp3) is 0.0667. The number of aryl methyl sites for hydroxylation is 1. The molecule has 1 N–H and O–H groups in total. The van der Waals surface area contributed by atoms with Gasteiger partial charge < -0.3 is 4.98 Å². The largest absolute Gasteiger partial charge is 0.360 e. The van der Waals surface area contributed by atoms with Crippen LogP contribution in [0.2, 0.25) is 0 Å². The molecule has 2 aromatic carbocycles. The molecule has 0 aliphatic rings. The topological polar surface area (TPSA) is 32.9 Å². The van der Waals surface area contributed by atoms with Gasteiger partial charge in [0.15, 0.2) is 0 Å². The minimum absolute atomic E-state index is 0.838. The molecule has 3 aromatic rings. The summed E-state index contributed by atoms with van der Waals surface area (Å²) in [5.74, 6) is 0. The fourth-order valence-corrected chi connectivity index (χ4v) is 3.17. The highest BCUT2D eigenvalue weighted by Gasteiger charge is 2.11. The number of nitrogens with one attached hydrogen (secondary N) is 1.